The van der Waals surface area contributed by atoms with Crippen molar-refractivity contribution in [3.8, 4) is 0 Å². The van der Waals surface area contributed by atoms with Crippen molar-refractivity contribution in [3.05, 3.63) is 29.8 Å². The Hall–Kier alpha value is -2.78. The molecule has 4 amide bonds. The standard InChI is InChI=1S/C17H23F3N4O3/c1-4-10(2)14(23-16(21)27)15(26)24(3)9-13(25)22-12-8-6-5-7-11(12)17(18,19)20/h5-8,10,14H,4,9H2,1-3H3,(H,22,25)(H3,21,23,27). The van der Waals surface area contributed by atoms with Gasteiger partial charge in [-0.05, 0) is 18.1 Å². The van der Waals surface area contributed by atoms with E-state index in [2.05, 4.69) is 10.6 Å². The van der Waals surface area contributed by atoms with Gasteiger partial charge in [-0.15, -0.1) is 0 Å². The molecule has 0 aliphatic heterocycles. The third-order valence-electron chi connectivity index (χ3n) is 4.04. The Morgan fingerprint density at radius 2 is 1.81 bits per heavy atom. The Kier molecular flexibility index (Phi) is 7.62. The molecule has 1 rings (SSSR count). The van der Waals surface area contributed by atoms with Gasteiger partial charge in [0.05, 0.1) is 17.8 Å². The summed E-state index contributed by atoms with van der Waals surface area (Å²) >= 11 is 0. The molecule has 10 heteroatoms. The average molecular weight is 388 g/mol. The first-order chi connectivity index (χ1) is 12.5. The van der Waals surface area contributed by atoms with Crippen LogP contribution in [0.3, 0.4) is 0 Å². The first-order valence-corrected chi connectivity index (χ1v) is 8.24. The Morgan fingerprint density at radius 1 is 1.22 bits per heavy atom. The number of anilines is 1. The second-order valence-electron chi connectivity index (χ2n) is 6.16. The Balaban J connectivity index is 2.85. The average Bonchev–Trinajstić information content (AvgIpc) is 2.57. The van der Waals surface area contributed by atoms with Crippen LogP contribution in [0, 0.1) is 5.92 Å². The fourth-order valence-electron chi connectivity index (χ4n) is 2.40. The Morgan fingerprint density at radius 3 is 2.33 bits per heavy atom. The molecule has 0 fully saturated rings. The predicted molar refractivity (Wildman–Crippen MR) is 93.7 cm³/mol. The fraction of sp³-hybridized carbons (Fsp3) is 0.471. The Labute approximate surface area is 155 Å². The summed E-state index contributed by atoms with van der Waals surface area (Å²) in [7, 11) is 1.32. The Bertz CT molecular complexity index is 694. The number of nitrogens with zero attached hydrogens (tertiary/aromatic N) is 1. The predicted octanol–water partition coefficient (Wildman–Crippen LogP) is 2.19. The molecule has 1 aromatic carbocycles. The van der Waals surface area contributed by atoms with Crippen LogP contribution in [0.25, 0.3) is 0 Å². The van der Waals surface area contributed by atoms with E-state index in [-0.39, 0.29) is 5.92 Å². The van der Waals surface area contributed by atoms with E-state index in [9.17, 15) is 27.6 Å². The highest BCUT2D eigenvalue weighted by Gasteiger charge is 2.34. The van der Waals surface area contributed by atoms with E-state index in [1.54, 1.807) is 6.92 Å². The molecule has 1 aromatic rings. The largest absolute Gasteiger partial charge is 0.418 e. The van der Waals surface area contributed by atoms with Crippen LogP contribution < -0.4 is 16.4 Å². The number of nitrogens with two attached hydrogens (primary N) is 1. The van der Waals surface area contributed by atoms with Gasteiger partial charge >= 0.3 is 12.2 Å². The second kappa shape index (κ2) is 9.24. The lowest BCUT2D eigenvalue weighted by atomic mass is 9.98. The third kappa shape index (κ3) is 6.46. The summed E-state index contributed by atoms with van der Waals surface area (Å²) in [6.45, 7) is 3.05. The molecule has 150 valence electrons. The summed E-state index contributed by atoms with van der Waals surface area (Å²) in [6, 6.07) is 2.72. The number of alkyl halides is 3. The van der Waals surface area contributed by atoms with Crippen LogP contribution >= 0.6 is 0 Å². The molecule has 0 aliphatic carbocycles. The highest BCUT2D eigenvalue weighted by molar-refractivity contribution is 5.96. The molecule has 0 saturated carbocycles. The molecule has 0 spiro atoms. The van der Waals surface area contributed by atoms with Crippen molar-refractivity contribution in [3.63, 3.8) is 0 Å². The van der Waals surface area contributed by atoms with Crippen LogP contribution in [0.2, 0.25) is 0 Å². The number of para-hydroxylation sites is 1. The van der Waals surface area contributed by atoms with E-state index >= 15 is 0 Å². The number of amides is 4. The molecule has 0 saturated heterocycles. The minimum atomic E-state index is -4.63. The van der Waals surface area contributed by atoms with Gasteiger partial charge in [-0.25, -0.2) is 4.79 Å². The van der Waals surface area contributed by atoms with E-state index < -0.39 is 47.9 Å². The molecule has 7 nitrogen and oxygen atoms in total. The second-order valence-corrected chi connectivity index (χ2v) is 6.16. The van der Waals surface area contributed by atoms with Crippen LogP contribution in [-0.2, 0) is 15.8 Å². The maximum atomic E-state index is 13.0. The molecule has 4 N–H and O–H groups in total. The van der Waals surface area contributed by atoms with Crippen LogP contribution in [0.1, 0.15) is 25.8 Å². The van der Waals surface area contributed by atoms with Gasteiger partial charge in [0.1, 0.15) is 6.04 Å². The van der Waals surface area contributed by atoms with Gasteiger partial charge in [-0.1, -0.05) is 32.4 Å². The van der Waals surface area contributed by atoms with E-state index in [0.29, 0.717) is 6.42 Å². The third-order valence-corrected chi connectivity index (χ3v) is 4.04. The smallest absolute Gasteiger partial charge is 0.352 e. The van der Waals surface area contributed by atoms with E-state index in [0.717, 1.165) is 17.0 Å². The number of halogens is 3. The zero-order chi connectivity index (χ0) is 20.8. The van der Waals surface area contributed by atoms with Crippen LogP contribution in [0.5, 0.6) is 0 Å². The van der Waals surface area contributed by atoms with Gasteiger partial charge in [0.2, 0.25) is 11.8 Å². The summed E-state index contributed by atoms with van der Waals surface area (Å²) in [4.78, 5) is 36.7. The normalized spacial score (nSPS) is 13.4. The zero-order valence-electron chi connectivity index (χ0n) is 15.3. The lowest BCUT2D eigenvalue weighted by Crippen LogP contribution is -2.53. The molecule has 0 aliphatic rings. The highest BCUT2D eigenvalue weighted by atomic mass is 19.4. The van der Waals surface area contributed by atoms with Crippen molar-refractivity contribution in [2.75, 3.05) is 18.9 Å². The molecule has 2 atom stereocenters. The number of carbonyl (C=O) groups excluding carboxylic acids is 3. The van der Waals surface area contributed by atoms with Crippen molar-refractivity contribution in [2.45, 2.75) is 32.5 Å². The lowest BCUT2D eigenvalue weighted by molar-refractivity contribution is -0.137. The highest BCUT2D eigenvalue weighted by Crippen LogP contribution is 2.34. The molecule has 2 unspecified atom stereocenters. The number of hydrogen-bond donors (Lipinski definition) is 3. The number of carbonyl (C=O) groups is 3. The number of nitrogens with one attached hydrogen (secondary N) is 2. The van der Waals surface area contributed by atoms with Gasteiger partial charge in [-0.2, -0.15) is 13.2 Å². The number of hydrogen-bond acceptors (Lipinski definition) is 3. The molecule has 0 radical (unpaired) electrons. The van der Waals surface area contributed by atoms with Crippen LogP contribution in [0.15, 0.2) is 24.3 Å². The molecule has 0 heterocycles. The first-order valence-electron chi connectivity index (χ1n) is 8.24. The molecular formula is C17H23F3N4O3. The van der Waals surface area contributed by atoms with Gasteiger partial charge < -0.3 is 21.3 Å². The maximum absolute atomic E-state index is 13.0. The summed E-state index contributed by atoms with van der Waals surface area (Å²) in [6.07, 6.45) is -4.06. The van der Waals surface area contributed by atoms with Crippen molar-refractivity contribution in [2.24, 2.45) is 11.7 Å². The van der Waals surface area contributed by atoms with Gasteiger partial charge in [0.15, 0.2) is 0 Å². The van der Waals surface area contributed by atoms with Crippen LogP contribution in [-0.4, -0.2) is 42.4 Å². The minimum absolute atomic E-state index is 0.249. The lowest BCUT2D eigenvalue weighted by Gasteiger charge is -2.27. The quantitative estimate of drug-likeness (QED) is 0.667. The number of likely N-dealkylation sites (N-methyl/N-ethyl adjacent to an activating group) is 1. The van der Waals surface area contributed by atoms with Gasteiger partial charge in [-0.3, -0.25) is 9.59 Å². The van der Waals surface area contributed by atoms with Gasteiger partial charge in [0, 0.05) is 7.05 Å². The fourth-order valence-corrected chi connectivity index (χ4v) is 2.40. The summed E-state index contributed by atoms with van der Waals surface area (Å²) in [5.41, 5.74) is 3.69. The summed E-state index contributed by atoms with van der Waals surface area (Å²) < 4.78 is 38.9. The monoisotopic (exact) mass is 388 g/mol. The zero-order valence-corrected chi connectivity index (χ0v) is 15.3. The molecule has 0 aromatic heterocycles. The molecule has 0 bridgehead atoms. The van der Waals surface area contributed by atoms with Crippen molar-refractivity contribution < 1.29 is 27.6 Å². The van der Waals surface area contributed by atoms with E-state index in [1.807, 2.05) is 6.92 Å². The van der Waals surface area contributed by atoms with E-state index in [1.165, 1.54) is 19.2 Å². The minimum Gasteiger partial charge on any atom is -0.352 e. The SMILES string of the molecule is CCC(C)C(NC(N)=O)C(=O)N(C)CC(=O)Nc1ccccc1C(F)(F)F. The van der Waals surface area contributed by atoms with Crippen LogP contribution in [0.4, 0.5) is 23.7 Å². The van der Waals surface area contributed by atoms with Crippen molar-refractivity contribution in [1.29, 1.82) is 0 Å². The number of benzene rings is 1. The summed E-state index contributed by atoms with van der Waals surface area (Å²) in [5, 5.41) is 4.49. The maximum Gasteiger partial charge on any atom is 0.418 e. The van der Waals surface area contributed by atoms with E-state index in [4.69, 9.17) is 5.73 Å². The first kappa shape index (κ1) is 22.3. The summed E-state index contributed by atoms with van der Waals surface area (Å²) in [5.74, 6) is -1.62. The van der Waals surface area contributed by atoms with Crippen molar-refractivity contribution in [1.82, 2.24) is 10.2 Å². The molecular weight excluding hydrogens is 365 g/mol. The van der Waals surface area contributed by atoms with Gasteiger partial charge in [0.25, 0.3) is 0 Å². The molecule has 27 heavy (non-hydrogen) atoms. The number of rotatable bonds is 7. The topological polar surface area (TPSA) is 105 Å². The van der Waals surface area contributed by atoms with Crippen molar-refractivity contribution >= 4 is 23.5 Å². The number of urea groups is 1. The number of primary amides is 1.